The molecule has 0 aliphatic carbocycles. The lowest BCUT2D eigenvalue weighted by Crippen LogP contribution is -2.17. The second-order valence-corrected chi connectivity index (χ2v) is 5.52. The molecule has 0 bridgehead atoms. The lowest BCUT2D eigenvalue weighted by atomic mass is 10.5. The van der Waals surface area contributed by atoms with Crippen molar-refractivity contribution in [2.24, 2.45) is 0 Å². The van der Waals surface area contributed by atoms with Gasteiger partial charge in [0.1, 0.15) is 12.9 Å². The van der Waals surface area contributed by atoms with Crippen LogP contribution in [-0.2, 0) is 28.7 Å². The minimum absolute atomic E-state index is 0.317. The smallest absolute Gasteiger partial charge is 0.167 e. The molecule has 0 aliphatic rings. The van der Waals surface area contributed by atoms with E-state index in [9.17, 15) is 0 Å². The Bertz CT molecular complexity index is 221. The molecule has 0 aliphatic heterocycles. The molecule has 0 saturated heterocycles. The maximum absolute atomic E-state index is 5.35. The number of hydrogen-bond donors (Lipinski definition) is 1. The molecule has 0 aromatic heterocycles. The highest BCUT2D eigenvalue weighted by atomic mass is 28.2. The van der Waals surface area contributed by atoms with E-state index in [1.165, 1.54) is 12.5 Å². The lowest BCUT2D eigenvalue weighted by Gasteiger charge is -2.04. The summed E-state index contributed by atoms with van der Waals surface area (Å²) in [5.41, 5.74) is 0. The zero-order valence-corrected chi connectivity index (χ0v) is 14.6. The predicted molar refractivity (Wildman–Crippen MR) is 82.2 cm³/mol. The predicted octanol–water partition coefficient (Wildman–Crippen LogP) is 0.909. The Morgan fingerprint density at radius 3 is 2.76 bits per heavy atom. The van der Waals surface area contributed by atoms with E-state index in [2.05, 4.69) is 15.2 Å². The van der Waals surface area contributed by atoms with Crippen LogP contribution in [0.1, 0.15) is 20.3 Å². The van der Waals surface area contributed by atoms with Gasteiger partial charge in [0, 0.05) is 19.8 Å². The monoisotopic (exact) mass is 323 g/mol. The number of likely N-dealkylation sites (N-methyl/N-ethyl adjacent to an activating group) is 1. The highest BCUT2D eigenvalue weighted by Gasteiger charge is 1.92. The van der Waals surface area contributed by atoms with Gasteiger partial charge >= 0.3 is 0 Å². The highest BCUT2D eigenvalue weighted by molar-refractivity contribution is 6.26. The molecule has 7 nitrogen and oxygen atoms in total. The van der Waals surface area contributed by atoms with Crippen molar-refractivity contribution in [3.8, 4) is 0 Å². The molecule has 21 heavy (non-hydrogen) atoms. The first-order valence-electron chi connectivity index (χ1n) is 7.49. The maximum atomic E-state index is 5.35. The Morgan fingerprint density at radius 1 is 1.05 bits per heavy atom. The summed E-state index contributed by atoms with van der Waals surface area (Å²) in [5, 5.41) is 7.57. The third-order valence-electron chi connectivity index (χ3n) is 2.28. The Labute approximate surface area is 129 Å². The lowest BCUT2D eigenvalue weighted by molar-refractivity contribution is -0.491. The minimum Gasteiger partial charge on any atom is -0.497 e. The van der Waals surface area contributed by atoms with Crippen molar-refractivity contribution >= 4 is 9.76 Å². The van der Waals surface area contributed by atoms with E-state index in [0.29, 0.717) is 19.8 Å². The highest BCUT2D eigenvalue weighted by Crippen LogP contribution is 1.92. The van der Waals surface area contributed by atoms with Gasteiger partial charge in [-0.15, -0.1) is 0 Å². The molecule has 8 heteroatoms. The summed E-state index contributed by atoms with van der Waals surface area (Å²) in [7, 11) is -0.331. The van der Waals surface area contributed by atoms with Crippen LogP contribution in [0.4, 0.5) is 0 Å². The van der Waals surface area contributed by atoms with E-state index in [4.69, 9.17) is 18.8 Å². The van der Waals surface area contributed by atoms with Gasteiger partial charge in [0.15, 0.2) is 16.0 Å². The van der Waals surface area contributed by atoms with E-state index in [0.717, 1.165) is 38.8 Å². The van der Waals surface area contributed by atoms with Gasteiger partial charge in [-0.2, -0.15) is 4.89 Å². The Kier molecular flexibility index (Phi) is 18.8. The van der Waals surface area contributed by atoms with Gasteiger partial charge in [-0.25, -0.2) is 0 Å². The molecule has 0 amide bonds. The fourth-order valence-corrected chi connectivity index (χ4v) is 2.17. The van der Waals surface area contributed by atoms with Crippen molar-refractivity contribution in [2.75, 3.05) is 46.1 Å². The van der Waals surface area contributed by atoms with Crippen LogP contribution in [0, 0.1) is 0 Å². The van der Waals surface area contributed by atoms with Crippen LogP contribution in [0.25, 0.3) is 0 Å². The van der Waals surface area contributed by atoms with Crippen LogP contribution in [0.5, 0.6) is 0 Å². The Hall–Kier alpha value is -0.643. The summed E-state index contributed by atoms with van der Waals surface area (Å²) in [6.07, 6.45) is 3.71. The molecule has 0 aromatic rings. The summed E-state index contributed by atoms with van der Waals surface area (Å²) in [6, 6.07) is 1.15. The molecule has 0 atom stereocenters. The summed E-state index contributed by atoms with van der Waals surface area (Å²) in [4.78, 5) is 9.34. The van der Waals surface area contributed by atoms with Crippen molar-refractivity contribution in [1.82, 2.24) is 5.32 Å². The van der Waals surface area contributed by atoms with Crippen LogP contribution in [-0.4, -0.2) is 55.9 Å². The van der Waals surface area contributed by atoms with Gasteiger partial charge in [-0.05, 0) is 31.0 Å². The SMILES string of the molecule is CCNCCO/C=C/OOOCCOCCC[SiH2]OCC. The van der Waals surface area contributed by atoms with Gasteiger partial charge in [0.05, 0.1) is 13.2 Å². The van der Waals surface area contributed by atoms with Crippen molar-refractivity contribution in [2.45, 2.75) is 26.3 Å². The zero-order chi connectivity index (χ0) is 15.4. The first kappa shape index (κ1) is 20.4. The summed E-state index contributed by atoms with van der Waals surface area (Å²) < 4.78 is 15.8. The second kappa shape index (κ2) is 19.4. The molecule has 0 radical (unpaired) electrons. The van der Waals surface area contributed by atoms with Crippen LogP contribution >= 0.6 is 0 Å². The van der Waals surface area contributed by atoms with E-state index >= 15 is 0 Å². The molecule has 126 valence electrons. The van der Waals surface area contributed by atoms with E-state index < -0.39 is 0 Å². The zero-order valence-electron chi connectivity index (χ0n) is 13.2. The van der Waals surface area contributed by atoms with Gasteiger partial charge in [0.25, 0.3) is 0 Å². The maximum Gasteiger partial charge on any atom is 0.167 e. The third kappa shape index (κ3) is 19.4. The molecular formula is C13H29NO6Si. The topological polar surface area (TPSA) is 67.4 Å². The largest absolute Gasteiger partial charge is 0.497 e. The van der Waals surface area contributed by atoms with Crippen LogP contribution in [0.2, 0.25) is 6.04 Å². The van der Waals surface area contributed by atoms with E-state index in [-0.39, 0.29) is 9.76 Å². The van der Waals surface area contributed by atoms with Crippen LogP contribution < -0.4 is 5.32 Å². The molecule has 0 saturated carbocycles. The molecule has 1 N–H and O–H groups in total. The molecule has 0 unspecified atom stereocenters. The average molecular weight is 323 g/mol. The van der Waals surface area contributed by atoms with E-state index in [1.54, 1.807) is 0 Å². The number of hydrogen-bond acceptors (Lipinski definition) is 7. The summed E-state index contributed by atoms with van der Waals surface area (Å²) >= 11 is 0. The van der Waals surface area contributed by atoms with Crippen LogP contribution in [0.15, 0.2) is 12.5 Å². The first-order valence-corrected chi connectivity index (χ1v) is 9.07. The van der Waals surface area contributed by atoms with Gasteiger partial charge < -0.3 is 24.1 Å². The molecule has 0 fully saturated rings. The van der Waals surface area contributed by atoms with Crippen molar-refractivity contribution in [3.05, 3.63) is 12.5 Å². The number of nitrogens with one attached hydrogen (secondary N) is 1. The van der Waals surface area contributed by atoms with Crippen molar-refractivity contribution in [1.29, 1.82) is 0 Å². The molecule has 0 aromatic carbocycles. The molecular weight excluding hydrogens is 294 g/mol. The normalized spacial score (nSPS) is 11.7. The molecule has 0 heterocycles. The van der Waals surface area contributed by atoms with Crippen molar-refractivity contribution in [3.63, 3.8) is 0 Å². The Balaban J connectivity index is 3.00. The third-order valence-corrected chi connectivity index (χ3v) is 3.77. The second-order valence-electron chi connectivity index (χ2n) is 4.00. The number of ether oxygens (including phenoxy) is 2. The molecule has 0 rings (SSSR count). The summed E-state index contributed by atoms with van der Waals surface area (Å²) in [6.45, 7) is 8.70. The van der Waals surface area contributed by atoms with Crippen molar-refractivity contribution < 1.29 is 28.7 Å². The fraction of sp³-hybridized carbons (Fsp3) is 0.846. The van der Waals surface area contributed by atoms with Gasteiger partial charge in [-0.3, -0.25) is 0 Å². The van der Waals surface area contributed by atoms with Gasteiger partial charge in [0.2, 0.25) is 0 Å². The fourth-order valence-electron chi connectivity index (χ4n) is 1.27. The Morgan fingerprint density at radius 2 is 1.95 bits per heavy atom. The molecule has 0 spiro atoms. The quantitative estimate of drug-likeness (QED) is 0.140. The minimum atomic E-state index is -0.331. The van der Waals surface area contributed by atoms with E-state index in [1.807, 2.05) is 13.8 Å². The van der Waals surface area contributed by atoms with Crippen LogP contribution in [0.3, 0.4) is 0 Å². The average Bonchev–Trinajstić information content (AvgIpc) is 2.50. The first-order chi connectivity index (χ1) is 10.4. The van der Waals surface area contributed by atoms with Gasteiger partial charge in [-0.1, -0.05) is 6.92 Å². The summed E-state index contributed by atoms with van der Waals surface area (Å²) in [5.74, 6) is 0. The number of rotatable bonds is 17. The standard InChI is InChI=1S/C13H29NO6Si/c1-3-14-6-8-16-10-12-18-20-17-11-9-15-7-5-13-21-19-4-2/h10,12,14H,3-9,11,13,21H2,1-2H3/b12-10+.